The van der Waals surface area contributed by atoms with Gasteiger partial charge in [-0.25, -0.2) is 0 Å². The first-order valence-electron chi connectivity index (χ1n) is 9.47. The molecule has 0 aliphatic carbocycles. The number of rotatable bonds is 8. The number of benzene rings is 1. The lowest BCUT2D eigenvalue weighted by Crippen LogP contribution is -2.46. The van der Waals surface area contributed by atoms with E-state index in [2.05, 4.69) is 5.32 Å². The van der Waals surface area contributed by atoms with Crippen molar-refractivity contribution in [2.24, 2.45) is 0 Å². The molecule has 1 aromatic carbocycles. The Hall–Kier alpha value is -2.76. The van der Waals surface area contributed by atoms with Gasteiger partial charge in [-0.15, -0.1) is 0 Å². The third kappa shape index (κ3) is 5.12. The molecule has 1 atom stereocenters. The fraction of sp³-hybridized carbons (Fsp3) is 0.429. The third-order valence-corrected chi connectivity index (χ3v) is 4.71. The molecule has 1 saturated heterocycles. The zero-order valence-corrected chi connectivity index (χ0v) is 15.6. The number of likely N-dealkylation sites (tertiary alicyclic amines) is 1. The van der Waals surface area contributed by atoms with Crippen molar-refractivity contribution in [3.8, 4) is 5.75 Å². The van der Waals surface area contributed by atoms with Crippen LogP contribution in [0.25, 0.3) is 0 Å². The lowest BCUT2D eigenvalue weighted by atomic mass is 10.2. The van der Waals surface area contributed by atoms with Crippen molar-refractivity contribution in [2.45, 2.75) is 38.6 Å². The number of amides is 2. The number of ether oxygens (including phenoxy) is 1. The number of aryl methyl sites for hydroxylation is 1. The molecule has 27 heavy (non-hydrogen) atoms. The summed E-state index contributed by atoms with van der Waals surface area (Å²) in [6.45, 7) is 3.82. The van der Waals surface area contributed by atoms with Crippen molar-refractivity contribution in [3.05, 3.63) is 54.0 Å². The van der Waals surface area contributed by atoms with Crippen molar-refractivity contribution >= 4 is 11.8 Å². The van der Waals surface area contributed by atoms with Crippen LogP contribution in [0.5, 0.6) is 5.75 Å². The maximum absolute atomic E-state index is 12.4. The van der Waals surface area contributed by atoms with E-state index in [4.69, 9.17) is 9.15 Å². The van der Waals surface area contributed by atoms with E-state index in [1.165, 1.54) is 11.8 Å². The second-order valence-electron chi connectivity index (χ2n) is 6.79. The van der Waals surface area contributed by atoms with Gasteiger partial charge in [-0.3, -0.25) is 9.59 Å². The number of unbranched alkanes of at least 4 members (excludes halogenated alkanes) is 1. The molecule has 0 bridgehead atoms. The van der Waals surface area contributed by atoms with Crippen LogP contribution >= 0.6 is 0 Å². The molecular weight excluding hydrogens is 344 g/mol. The number of carbonyl (C=O) groups is 2. The number of nitrogens with zero attached hydrogens (tertiary/aromatic N) is 1. The van der Waals surface area contributed by atoms with Gasteiger partial charge in [0.25, 0.3) is 5.91 Å². The van der Waals surface area contributed by atoms with Gasteiger partial charge in [-0.1, -0.05) is 17.7 Å². The summed E-state index contributed by atoms with van der Waals surface area (Å²) in [5.74, 6) is 0.835. The maximum atomic E-state index is 12.4. The highest BCUT2D eigenvalue weighted by Gasteiger charge is 2.35. The van der Waals surface area contributed by atoms with E-state index in [1.807, 2.05) is 31.2 Å². The molecule has 1 fully saturated rings. The van der Waals surface area contributed by atoms with Crippen LogP contribution in [0, 0.1) is 6.92 Å². The molecule has 1 aromatic heterocycles. The Morgan fingerprint density at radius 1 is 1.22 bits per heavy atom. The van der Waals surface area contributed by atoms with Crippen LogP contribution in [0.1, 0.15) is 41.8 Å². The number of nitrogens with one attached hydrogen (secondary N) is 1. The fourth-order valence-corrected chi connectivity index (χ4v) is 3.21. The highest BCUT2D eigenvalue weighted by molar-refractivity contribution is 5.95. The van der Waals surface area contributed by atoms with E-state index in [1.54, 1.807) is 17.0 Å². The minimum atomic E-state index is -0.411. The molecule has 1 unspecified atom stereocenters. The average Bonchev–Trinajstić information content (AvgIpc) is 3.37. The molecule has 2 amide bonds. The molecule has 1 N–H and O–H groups in total. The third-order valence-electron chi connectivity index (χ3n) is 4.71. The molecule has 1 aliphatic rings. The smallest absolute Gasteiger partial charge is 0.290 e. The number of furan rings is 1. The van der Waals surface area contributed by atoms with E-state index in [9.17, 15) is 9.59 Å². The highest BCUT2D eigenvalue weighted by Crippen LogP contribution is 2.20. The Morgan fingerprint density at radius 3 is 2.78 bits per heavy atom. The molecule has 144 valence electrons. The second-order valence-corrected chi connectivity index (χ2v) is 6.79. The largest absolute Gasteiger partial charge is 0.494 e. The van der Waals surface area contributed by atoms with Gasteiger partial charge in [0.05, 0.1) is 12.9 Å². The minimum absolute atomic E-state index is 0.0909. The standard InChI is InChI=1S/C21H26N2O4/c1-16-8-10-17(11-9-16)26-14-3-2-12-22-20(24)18-6-4-13-23(18)21(25)19-7-5-15-27-19/h5,7-11,15,18H,2-4,6,12-14H2,1H3,(H,22,24). The normalized spacial score (nSPS) is 16.3. The maximum Gasteiger partial charge on any atom is 0.290 e. The van der Waals surface area contributed by atoms with Crippen LogP contribution in [-0.2, 0) is 4.79 Å². The molecule has 2 heterocycles. The zero-order valence-electron chi connectivity index (χ0n) is 15.6. The SMILES string of the molecule is Cc1ccc(OCCCCNC(=O)C2CCCN2C(=O)c2ccco2)cc1. The lowest BCUT2D eigenvalue weighted by Gasteiger charge is -2.23. The highest BCUT2D eigenvalue weighted by atomic mass is 16.5. The van der Waals surface area contributed by atoms with Gasteiger partial charge in [-0.2, -0.15) is 0 Å². The summed E-state index contributed by atoms with van der Waals surface area (Å²) in [7, 11) is 0. The van der Waals surface area contributed by atoms with Crippen molar-refractivity contribution in [1.29, 1.82) is 0 Å². The van der Waals surface area contributed by atoms with Gasteiger partial charge in [0, 0.05) is 13.1 Å². The second kappa shape index (κ2) is 9.26. The molecule has 6 nitrogen and oxygen atoms in total. The summed E-state index contributed by atoms with van der Waals surface area (Å²) >= 11 is 0. The van der Waals surface area contributed by atoms with Crippen LogP contribution in [-0.4, -0.2) is 42.5 Å². The summed E-state index contributed by atoms with van der Waals surface area (Å²) in [6, 6.07) is 10.9. The minimum Gasteiger partial charge on any atom is -0.494 e. The van der Waals surface area contributed by atoms with E-state index in [0.29, 0.717) is 26.1 Å². The van der Waals surface area contributed by atoms with Gasteiger partial charge >= 0.3 is 0 Å². The Labute approximate surface area is 159 Å². The van der Waals surface area contributed by atoms with Crippen LogP contribution in [0.2, 0.25) is 0 Å². The number of hydrogen-bond acceptors (Lipinski definition) is 4. The Balaban J connectivity index is 1.36. The molecule has 0 saturated carbocycles. The average molecular weight is 370 g/mol. The monoisotopic (exact) mass is 370 g/mol. The lowest BCUT2D eigenvalue weighted by molar-refractivity contribution is -0.124. The van der Waals surface area contributed by atoms with Crippen LogP contribution in [0.4, 0.5) is 0 Å². The summed E-state index contributed by atoms with van der Waals surface area (Å²) in [5.41, 5.74) is 1.21. The molecular formula is C21H26N2O4. The predicted octanol–water partition coefficient (Wildman–Crippen LogP) is 3.17. The van der Waals surface area contributed by atoms with Crippen molar-refractivity contribution in [3.63, 3.8) is 0 Å². The number of carbonyl (C=O) groups excluding carboxylic acids is 2. The van der Waals surface area contributed by atoms with E-state index in [0.717, 1.165) is 25.0 Å². The van der Waals surface area contributed by atoms with Crippen molar-refractivity contribution < 1.29 is 18.7 Å². The van der Waals surface area contributed by atoms with Gasteiger partial charge in [0.1, 0.15) is 11.8 Å². The molecule has 3 rings (SSSR count). The van der Waals surface area contributed by atoms with Gasteiger partial charge in [0.2, 0.25) is 5.91 Å². The van der Waals surface area contributed by atoms with Crippen molar-refractivity contribution in [2.75, 3.05) is 19.7 Å². The Morgan fingerprint density at radius 2 is 2.04 bits per heavy atom. The van der Waals surface area contributed by atoms with E-state index >= 15 is 0 Å². The van der Waals surface area contributed by atoms with E-state index in [-0.39, 0.29) is 17.6 Å². The fourth-order valence-electron chi connectivity index (χ4n) is 3.21. The van der Waals surface area contributed by atoms with Crippen LogP contribution in [0.3, 0.4) is 0 Å². The van der Waals surface area contributed by atoms with Crippen LogP contribution < -0.4 is 10.1 Å². The molecule has 6 heteroatoms. The summed E-state index contributed by atoms with van der Waals surface area (Å²) < 4.78 is 10.8. The topological polar surface area (TPSA) is 71.8 Å². The van der Waals surface area contributed by atoms with Gasteiger partial charge in [0.15, 0.2) is 5.76 Å². The summed E-state index contributed by atoms with van der Waals surface area (Å²) in [6.07, 6.45) is 4.67. The van der Waals surface area contributed by atoms with Gasteiger partial charge < -0.3 is 19.4 Å². The molecule has 2 aromatic rings. The first-order chi connectivity index (χ1) is 13.1. The van der Waals surface area contributed by atoms with Gasteiger partial charge in [-0.05, 0) is 56.9 Å². The Bertz CT molecular complexity index is 740. The number of hydrogen-bond donors (Lipinski definition) is 1. The van der Waals surface area contributed by atoms with Crippen LogP contribution in [0.15, 0.2) is 47.1 Å². The zero-order chi connectivity index (χ0) is 19.1. The first kappa shape index (κ1) is 19.0. The first-order valence-corrected chi connectivity index (χ1v) is 9.47. The molecule has 0 radical (unpaired) electrons. The summed E-state index contributed by atoms with van der Waals surface area (Å²) in [4.78, 5) is 26.5. The summed E-state index contributed by atoms with van der Waals surface area (Å²) in [5, 5.41) is 2.94. The Kier molecular flexibility index (Phi) is 6.52. The molecule has 1 aliphatic heterocycles. The quantitative estimate of drug-likeness (QED) is 0.725. The molecule has 0 spiro atoms. The predicted molar refractivity (Wildman–Crippen MR) is 102 cm³/mol. The van der Waals surface area contributed by atoms with E-state index < -0.39 is 6.04 Å². The van der Waals surface area contributed by atoms with Crippen molar-refractivity contribution in [1.82, 2.24) is 10.2 Å².